The molecule has 2 aromatic heterocycles. The van der Waals surface area contributed by atoms with Gasteiger partial charge in [-0.3, -0.25) is 4.79 Å². The van der Waals surface area contributed by atoms with Crippen LogP contribution in [0, 0.1) is 5.92 Å². The van der Waals surface area contributed by atoms with Crippen LogP contribution in [0.1, 0.15) is 43.8 Å². The first-order chi connectivity index (χ1) is 12.3. The molecule has 0 bridgehead atoms. The van der Waals surface area contributed by atoms with Crippen LogP contribution < -0.4 is 4.74 Å². The molecule has 0 radical (unpaired) electrons. The van der Waals surface area contributed by atoms with Crippen LogP contribution in [0.5, 0.6) is 5.88 Å². The summed E-state index contributed by atoms with van der Waals surface area (Å²) in [4.78, 5) is 23.2. The molecule has 6 heteroatoms. The highest BCUT2D eigenvalue weighted by atomic mass is 16.5. The first-order valence-electron chi connectivity index (χ1n) is 9.12. The number of aromatic nitrogens is 3. The minimum Gasteiger partial charge on any atom is -0.475 e. The molecule has 0 spiro atoms. The van der Waals surface area contributed by atoms with Crippen LogP contribution >= 0.6 is 0 Å². The van der Waals surface area contributed by atoms with Crippen molar-refractivity contribution in [3.05, 3.63) is 42.6 Å². The number of rotatable bonds is 5. The molecular formula is C19H24N4O2. The molecule has 2 aliphatic rings. The molecule has 1 aliphatic carbocycles. The number of carbonyl (C=O) groups excluding carboxylic acids is 1. The van der Waals surface area contributed by atoms with E-state index in [-0.39, 0.29) is 11.9 Å². The fraction of sp³-hybridized carbons (Fsp3) is 0.526. The van der Waals surface area contributed by atoms with Gasteiger partial charge in [0.2, 0.25) is 11.8 Å². The molecule has 1 amide bonds. The van der Waals surface area contributed by atoms with Crippen LogP contribution in [0.25, 0.3) is 0 Å². The Bertz CT molecular complexity index is 709. The summed E-state index contributed by atoms with van der Waals surface area (Å²) in [5.74, 6) is 1.45. The van der Waals surface area contributed by atoms with E-state index in [0.29, 0.717) is 37.9 Å². The molecule has 0 aromatic carbocycles. The summed E-state index contributed by atoms with van der Waals surface area (Å²) in [5.41, 5.74) is 1.07. The van der Waals surface area contributed by atoms with Crippen molar-refractivity contribution in [2.24, 2.45) is 5.92 Å². The van der Waals surface area contributed by atoms with Crippen molar-refractivity contribution in [1.82, 2.24) is 19.4 Å². The third-order valence-corrected chi connectivity index (χ3v) is 5.28. The van der Waals surface area contributed by atoms with Crippen LogP contribution in [0.2, 0.25) is 0 Å². The van der Waals surface area contributed by atoms with Crippen molar-refractivity contribution >= 4 is 5.91 Å². The Balaban J connectivity index is 1.42. The number of amides is 1. The van der Waals surface area contributed by atoms with E-state index in [9.17, 15) is 4.79 Å². The molecule has 2 aromatic rings. The number of hydrogen-bond acceptors (Lipinski definition) is 4. The predicted octanol–water partition coefficient (Wildman–Crippen LogP) is 2.82. The monoisotopic (exact) mass is 340 g/mol. The van der Waals surface area contributed by atoms with Crippen LogP contribution in [-0.2, 0) is 11.3 Å². The standard InChI is InChI=1S/C19H24N4O2/c24-19(9-15-5-1-2-6-15)22-11-16-10-20-14-23(16)17(12-22)13-25-18-7-3-4-8-21-18/h3-4,7-8,10,14-15,17H,1-2,5-6,9,11-13H2. The van der Waals surface area contributed by atoms with E-state index in [1.165, 1.54) is 25.7 Å². The summed E-state index contributed by atoms with van der Waals surface area (Å²) in [6, 6.07) is 5.69. The van der Waals surface area contributed by atoms with Gasteiger partial charge in [-0.2, -0.15) is 0 Å². The summed E-state index contributed by atoms with van der Waals surface area (Å²) in [6.45, 7) is 1.79. The second kappa shape index (κ2) is 7.25. The van der Waals surface area contributed by atoms with Crippen LogP contribution in [0.3, 0.4) is 0 Å². The zero-order chi connectivity index (χ0) is 17.1. The normalized spacial score (nSPS) is 20.5. The van der Waals surface area contributed by atoms with Gasteiger partial charge in [-0.15, -0.1) is 0 Å². The molecule has 3 heterocycles. The number of nitrogens with zero attached hydrogens (tertiary/aromatic N) is 4. The molecule has 1 fully saturated rings. The Kier molecular flexibility index (Phi) is 4.68. The van der Waals surface area contributed by atoms with Gasteiger partial charge >= 0.3 is 0 Å². The maximum Gasteiger partial charge on any atom is 0.223 e. The Morgan fingerprint density at radius 3 is 2.96 bits per heavy atom. The molecular weight excluding hydrogens is 316 g/mol. The van der Waals surface area contributed by atoms with Crippen molar-refractivity contribution in [2.45, 2.75) is 44.7 Å². The van der Waals surface area contributed by atoms with Crippen molar-refractivity contribution in [3.8, 4) is 5.88 Å². The Morgan fingerprint density at radius 1 is 1.28 bits per heavy atom. The van der Waals surface area contributed by atoms with Crippen LogP contribution in [0.4, 0.5) is 0 Å². The molecule has 0 saturated heterocycles. The summed E-state index contributed by atoms with van der Waals surface area (Å²) in [7, 11) is 0. The highest BCUT2D eigenvalue weighted by Crippen LogP contribution is 2.29. The molecule has 0 N–H and O–H groups in total. The number of fused-ring (bicyclic) bond motifs is 1. The van der Waals surface area contributed by atoms with Crippen LogP contribution in [0.15, 0.2) is 36.9 Å². The van der Waals surface area contributed by atoms with E-state index in [2.05, 4.69) is 14.5 Å². The molecule has 1 atom stereocenters. The van der Waals surface area contributed by atoms with Crippen molar-refractivity contribution in [1.29, 1.82) is 0 Å². The van der Waals surface area contributed by atoms with Gasteiger partial charge in [0.1, 0.15) is 6.61 Å². The van der Waals surface area contributed by atoms with Gasteiger partial charge in [0, 0.05) is 31.4 Å². The molecule has 4 rings (SSSR count). The molecule has 1 aliphatic heterocycles. The molecule has 6 nitrogen and oxygen atoms in total. The predicted molar refractivity (Wildman–Crippen MR) is 93.0 cm³/mol. The smallest absolute Gasteiger partial charge is 0.223 e. The van der Waals surface area contributed by atoms with Crippen molar-refractivity contribution < 1.29 is 9.53 Å². The number of carbonyl (C=O) groups is 1. The quantitative estimate of drug-likeness (QED) is 0.840. The Hall–Kier alpha value is -2.37. The lowest BCUT2D eigenvalue weighted by Gasteiger charge is -2.34. The van der Waals surface area contributed by atoms with Gasteiger partial charge in [0.05, 0.1) is 24.6 Å². The second-order valence-corrected chi connectivity index (χ2v) is 7.05. The topological polar surface area (TPSA) is 60.2 Å². The molecule has 132 valence electrons. The highest BCUT2D eigenvalue weighted by Gasteiger charge is 2.30. The number of hydrogen-bond donors (Lipinski definition) is 0. The van der Waals surface area contributed by atoms with Gasteiger partial charge in [-0.1, -0.05) is 18.9 Å². The number of pyridine rings is 1. The SMILES string of the molecule is O=C(CC1CCCC1)N1Cc2cncn2C(COc2ccccn2)C1. The van der Waals surface area contributed by atoms with Gasteiger partial charge in [-0.25, -0.2) is 9.97 Å². The Labute approximate surface area is 147 Å². The van der Waals surface area contributed by atoms with Gasteiger partial charge in [-0.05, 0) is 24.8 Å². The summed E-state index contributed by atoms with van der Waals surface area (Å²) < 4.78 is 7.96. The first-order valence-corrected chi connectivity index (χ1v) is 9.12. The lowest BCUT2D eigenvalue weighted by Crippen LogP contribution is -2.43. The van der Waals surface area contributed by atoms with E-state index in [1.807, 2.05) is 35.6 Å². The molecule has 25 heavy (non-hydrogen) atoms. The fourth-order valence-electron chi connectivity index (χ4n) is 3.91. The average molecular weight is 340 g/mol. The summed E-state index contributed by atoms with van der Waals surface area (Å²) in [6.07, 6.45) is 11.0. The van der Waals surface area contributed by atoms with Crippen molar-refractivity contribution in [2.75, 3.05) is 13.2 Å². The Morgan fingerprint density at radius 2 is 2.16 bits per heavy atom. The summed E-state index contributed by atoms with van der Waals surface area (Å²) in [5, 5.41) is 0. The lowest BCUT2D eigenvalue weighted by atomic mass is 10.0. The first kappa shape index (κ1) is 16.1. The van der Waals surface area contributed by atoms with E-state index in [0.717, 1.165) is 5.69 Å². The number of imidazole rings is 1. The van der Waals surface area contributed by atoms with Crippen molar-refractivity contribution in [3.63, 3.8) is 0 Å². The zero-order valence-corrected chi connectivity index (χ0v) is 14.4. The maximum atomic E-state index is 12.7. The van der Waals surface area contributed by atoms with Gasteiger partial charge in [0.25, 0.3) is 0 Å². The second-order valence-electron chi connectivity index (χ2n) is 7.05. The van der Waals surface area contributed by atoms with Crippen LogP contribution in [-0.4, -0.2) is 38.5 Å². The molecule has 1 saturated carbocycles. The van der Waals surface area contributed by atoms with E-state index in [1.54, 1.807) is 6.20 Å². The summed E-state index contributed by atoms with van der Waals surface area (Å²) >= 11 is 0. The third-order valence-electron chi connectivity index (χ3n) is 5.28. The largest absolute Gasteiger partial charge is 0.475 e. The maximum absolute atomic E-state index is 12.7. The minimum atomic E-state index is 0.0702. The lowest BCUT2D eigenvalue weighted by molar-refractivity contribution is -0.134. The zero-order valence-electron chi connectivity index (χ0n) is 14.4. The van der Waals surface area contributed by atoms with Gasteiger partial charge in [0.15, 0.2) is 0 Å². The van der Waals surface area contributed by atoms with Gasteiger partial charge < -0.3 is 14.2 Å². The van der Waals surface area contributed by atoms with E-state index in [4.69, 9.17) is 4.74 Å². The van der Waals surface area contributed by atoms with E-state index >= 15 is 0 Å². The minimum absolute atomic E-state index is 0.0702. The highest BCUT2D eigenvalue weighted by molar-refractivity contribution is 5.76. The average Bonchev–Trinajstić information content (AvgIpc) is 3.31. The van der Waals surface area contributed by atoms with E-state index < -0.39 is 0 Å². The fourth-order valence-corrected chi connectivity index (χ4v) is 3.91. The number of ether oxygens (including phenoxy) is 1. The third kappa shape index (κ3) is 3.67. The molecule has 1 unspecified atom stereocenters.